The average Bonchev–Trinajstić information content (AvgIpc) is 2.60. The van der Waals surface area contributed by atoms with E-state index in [2.05, 4.69) is 0 Å². The minimum Gasteiger partial charge on any atom is -0.480 e. The van der Waals surface area contributed by atoms with Crippen LogP contribution in [-0.2, 0) is 22.4 Å². The van der Waals surface area contributed by atoms with Crippen molar-refractivity contribution in [2.75, 3.05) is 13.1 Å². The molecule has 0 aromatic heterocycles. The highest BCUT2D eigenvalue weighted by Gasteiger charge is 2.18. The molecule has 0 radical (unpaired) electrons. The number of carbonyl (C=O) groups excluding carboxylic acids is 1. The fourth-order valence-electron chi connectivity index (χ4n) is 2.51. The van der Waals surface area contributed by atoms with Gasteiger partial charge in [-0.2, -0.15) is 0 Å². The zero-order valence-electron chi connectivity index (χ0n) is 13.6. The molecule has 1 amide bonds. The first kappa shape index (κ1) is 18.6. The number of rotatable bonds is 8. The number of aliphatic carboxylic acids is 1. The minimum atomic E-state index is -1.11. The van der Waals surface area contributed by atoms with Crippen LogP contribution in [0.4, 0.5) is 8.78 Å². The van der Waals surface area contributed by atoms with E-state index in [-0.39, 0.29) is 24.9 Å². The fraction of sp³-hybridized carbons (Fsp3) is 0.263. The van der Waals surface area contributed by atoms with E-state index >= 15 is 0 Å². The zero-order valence-corrected chi connectivity index (χ0v) is 13.6. The molecule has 0 saturated carbocycles. The highest BCUT2D eigenvalue weighted by molar-refractivity contribution is 5.81. The van der Waals surface area contributed by atoms with Gasteiger partial charge in [0.1, 0.15) is 6.54 Å². The Morgan fingerprint density at radius 3 is 2.36 bits per heavy atom. The molecule has 0 aliphatic carbocycles. The summed E-state index contributed by atoms with van der Waals surface area (Å²) in [5, 5.41) is 8.99. The third kappa shape index (κ3) is 5.67. The Labute approximate surface area is 144 Å². The average molecular weight is 347 g/mol. The van der Waals surface area contributed by atoms with E-state index in [1.165, 1.54) is 17.0 Å². The summed E-state index contributed by atoms with van der Waals surface area (Å²) in [6, 6.07) is 13.2. The lowest BCUT2D eigenvalue weighted by Crippen LogP contribution is -2.37. The number of aryl methyl sites for hydroxylation is 1. The second-order valence-electron chi connectivity index (χ2n) is 5.66. The minimum absolute atomic E-state index is 0.0177. The van der Waals surface area contributed by atoms with Crippen molar-refractivity contribution < 1.29 is 23.5 Å². The number of carboxylic acids is 1. The van der Waals surface area contributed by atoms with Crippen LogP contribution in [0.15, 0.2) is 48.5 Å². The molecule has 2 aromatic carbocycles. The van der Waals surface area contributed by atoms with Crippen molar-refractivity contribution >= 4 is 11.9 Å². The second kappa shape index (κ2) is 8.92. The van der Waals surface area contributed by atoms with E-state index < -0.39 is 30.1 Å². The predicted octanol–water partition coefficient (Wildman–Crippen LogP) is 3.05. The van der Waals surface area contributed by atoms with E-state index in [9.17, 15) is 18.4 Å². The number of carboxylic acid groups (broad SMARTS) is 1. The molecule has 0 heterocycles. The van der Waals surface area contributed by atoms with Crippen LogP contribution in [0.1, 0.15) is 17.5 Å². The predicted molar refractivity (Wildman–Crippen MR) is 89.0 cm³/mol. The van der Waals surface area contributed by atoms with Crippen LogP contribution in [0.25, 0.3) is 0 Å². The molecule has 25 heavy (non-hydrogen) atoms. The molecule has 6 heteroatoms. The molecule has 4 nitrogen and oxygen atoms in total. The highest BCUT2D eigenvalue weighted by atomic mass is 19.2. The number of hydrogen-bond acceptors (Lipinski definition) is 2. The molecular formula is C19H19F2NO3. The van der Waals surface area contributed by atoms with Crippen molar-refractivity contribution in [2.24, 2.45) is 0 Å². The molecule has 0 spiro atoms. The summed E-state index contributed by atoms with van der Waals surface area (Å²) in [7, 11) is 0. The molecule has 2 rings (SSSR count). The lowest BCUT2D eigenvalue weighted by atomic mass is 10.1. The van der Waals surface area contributed by atoms with Crippen LogP contribution < -0.4 is 0 Å². The number of nitrogens with zero attached hydrogens (tertiary/aromatic N) is 1. The molecule has 0 saturated heterocycles. The van der Waals surface area contributed by atoms with Crippen LogP contribution >= 0.6 is 0 Å². The van der Waals surface area contributed by atoms with Crippen LogP contribution in [0, 0.1) is 11.6 Å². The van der Waals surface area contributed by atoms with Crippen LogP contribution in [-0.4, -0.2) is 35.0 Å². The van der Waals surface area contributed by atoms with Gasteiger partial charge >= 0.3 is 5.97 Å². The number of carbonyl (C=O) groups is 2. The summed E-state index contributed by atoms with van der Waals surface area (Å²) in [5.41, 5.74) is 1.09. The normalized spacial score (nSPS) is 10.5. The van der Waals surface area contributed by atoms with Crippen molar-refractivity contribution in [1.29, 1.82) is 0 Å². The molecular weight excluding hydrogens is 328 g/mol. The Morgan fingerprint density at radius 1 is 0.960 bits per heavy atom. The van der Waals surface area contributed by atoms with Crippen LogP contribution in [0.3, 0.4) is 0 Å². The molecule has 132 valence electrons. The van der Waals surface area contributed by atoms with Crippen molar-refractivity contribution in [1.82, 2.24) is 4.90 Å². The van der Waals surface area contributed by atoms with Gasteiger partial charge in [0, 0.05) is 13.0 Å². The smallest absolute Gasteiger partial charge is 0.323 e. The Bertz CT molecular complexity index is 735. The molecule has 0 aliphatic rings. The maximum absolute atomic E-state index is 13.6. The van der Waals surface area contributed by atoms with Gasteiger partial charge in [-0.1, -0.05) is 42.5 Å². The van der Waals surface area contributed by atoms with Gasteiger partial charge < -0.3 is 10.0 Å². The summed E-state index contributed by atoms with van der Waals surface area (Å²) in [4.78, 5) is 24.5. The topological polar surface area (TPSA) is 57.6 Å². The lowest BCUT2D eigenvalue weighted by Gasteiger charge is -2.21. The second-order valence-corrected chi connectivity index (χ2v) is 5.66. The lowest BCUT2D eigenvalue weighted by molar-refractivity contribution is -0.144. The third-order valence-electron chi connectivity index (χ3n) is 3.83. The quantitative estimate of drug-likeness (QED) is 0.798. The van der Waals surface area contributed by atoms with Gasteiger partial charge in [0.05, 0.1) is 0 Å². The van der Waals surface area contributed by atoms with Gasteiger partial charge in [0.25, 0.3) is 0 Å². The summed E-state index contributed by atoms with van der Waals surface area (Å²) >= 11 is 0. The van der Waals surface area contributed by atoms with Gasteiger partial charge in [-0.15, -0.1) is 0 Å². The molecule has 0 atom stereocenters. The summed E-state index contributed by atoms with van der Waals surface area (Å²) < 4.78 is 26.8. The van der Waals surface area contributed by atoms with Crippen molar-refractivity contribution in [3.05, 3.63) is 71.3 Å². The first-order chi connectivity index (χ1) is 12.0. The third-order valence-corrected chi connectivity index (χ3v) is 3.83. The van der Waals surface area contributed by atoms with E-state index in [4.69, 9.17) is 5.11 Å². The van der Waals surface area contributed by atoms with E-state index in [1.807, 2.05) is 30.3 Å². The molecule has 0 unspecified atom stereocenters. The van der Waals surface area contributed by atoms with Crippen LogP contribution in [0.2, 0.25) is 0 Å². The summed E-state index contributed by atoms with van der Waals surface area (Å²) in [6.07, 6.45) is 0.459. The molecule has 0 fully saturated rings. The molecule has 0 aliphatic heterocycles. The fourth-order valence-corrected chi connectivity index (χ4v) is 2.51. The Morgan fingerprint density at radius 2 is 1.68 bits per heavy atom. The number of halogens is 2. The van der Waals surface area contributed by atoms with Crippen molar-refractivity contribution in [2.45, 2.75) is 19.3 Å². The van der Waals surface area contributed by atoms with Gasteiger partial charge in [-0.3, -0.25) is 9.59 Å². The molecule has 2 aromatic rings. The first-order valence-electron chi connectivity index (χ1n) is 7.93. The van der Waals surface area contributed by atoms with Gasteiger partial charge in [0.2, 0.25) is 5.91 Å². The summed E-state index contributed by atoms with van der Waals surface area (Å²) in [6.45, 7) is -0.169. The molecule has 1 N–H and O–H groups in total. The van der Waals surface area contributed by atoms with Gasteiger partial charge in [-0.25, -0.2) is 8.78 Å². The van der Waals surface area contributed by atoms with Crippen molar-refractivity contribution in [3.8, 4) is 0 Å². The van der Waals surface area contributed by atoms with E-state index in [1.54, 1.807) is 0 Å². The maximum Gasteiger partial charge on any atom is 0.323 e. The van der Waals surface area contributed by atoms with Crippen LogP contribution in [0.5, 0.6) is 0 Å². The van der Waals surface area contributed by atoms with E-state index in [0.29, 0.717) is 6.42 Å². The van der Waals surface area contributed by atoms with Gasteiger partial charge in [0.15, 0.2) is 11.6 Å². The molecule has 0 bridgehead atoms. The summed E-state index contributed by atoms with van der Waals surface area (Å²) in [5.74, 6) is -3.44. The number of amides is 1. The Balaban J connectivity index is 1.97. The monoisotopic (exact) mass is 347 g/mol. The van der Waals surface area contributed by atoms with Crippen molar-refractivity contribution in [3.63, 3.8) is 0 Å². The highest BCUT2D eigenvalue weighted by Crippen LogP contribution is 2.14. The van der Waals surface area contributed by atoms with Gasteiger partial charge in [-0.05, 0) is 30.0 Å². The first-order valence-corrected chi connectivity index (χ1v) is 7.93. The van der Waals surface area contributed by atoms with E-state index in [0.717, 1.165) is 11.6 Å². The number of hydrogen-bond donors (Lipinski definition) is 1. The Hall–Kier alpha value is -2.76. The number of benzene rings is 2. The Kier molecular flexibility index (Phi) is 6.62. The SMILES string of the molecule is O=C(O)CN(CCc1ccccc1)C(=O)CCc1cccc(F)c1F. The standard InChI is InChI=1S/C19H19F2NO3/c20-16-8-4-7-15(19(16)21)9-10-17(23)22(13-18(24)25)12-11-14-5-2-1-3-6-14/h1-8H,9-13H2,(H,24,25). The zero-order chi connectivity index (χ0) is 18.2. The largest absolute Gasteiger partial charge is 0.480 e. The maximum atomic E-state index is 13.6.